The predicted octanol–water partition coefficient (Wildman–Crippen LogP) is 6.04. The number of thiazole rings is 1. The molecular formula is C24H21ClN2O4S. The van der Waals surface area contributed by atoms with E-state index in [0.717, 1.165) is 23.1 Å². The Morgan fingerprint density at radius 2 is 1.97 bits per heavy atom. The minimum absolute atomic E-state index is 0.126. The largest absolute Gasteiger partial charge is 0.486 e. The van der Waals surface area contributed by atoms with Gasteiger partial charge in [0.1, 0.15) is 17.9 Å². The van der Waals surface area contributed by atoms with Crippen molar-refractivity contribution in [1.82, 2.24) is 4.98 Å². The zero-order valence-corrected chi connectivity index (χ0v) is 19.4. The van der Waals surface area contributed by atoms with Crippen LogP contribution in [0.25, 0.3) is 11.0 Å². The molecule has 2 aromatic heterocycles. The highest BCUT2D eigenvalue weighted by Gasteiger charge is 2.18. The number of benzene rings is 2. The van der Waals surface area contributed by atoms with E-state index in [1.165, 1.54) is 29.9 Å². The van der Waals surface area contributed by atoms with Crippen LogP contribution in [-0.2, 0) is 17.8 Å². The van der Waals surface area contributed by atoms with Gasteiger partial charge in [0.05, 0.1) is 16.4 Å². The highest BCUT2D eigenvalue weighted by Crippen LogP contribution is 2.33. The zero-order chi connectivity index (χ0) is 22.8. The number of hydrogen-bond donors (Lipinski definition) is 0. The molecule has 2 heterocycles. The lowest BCUT2D eigenvalue weighted by molar-refractivity contribution is -0.115. The van der Waals surface area contributed by atoms with E-state index >= 15 is 0 Å². The van der Waals surface area contributed by atoms with Crippen molar-refractivity contribution in [1.29, 1.82) is 0 Å². The number of nitrogens with zero attached hydrogens (tertiary/aromatic N) is 2. The summed E-state index contributed by atoms with van der Waals surface area (Å²) >= 11 is 7.73. The summed E-state index contributed by atoms with van der Waals surface area (Å²) in [5, 5.41) is 3.56. The zero-order valence-electron chi connectivity index (χ0n) is 17.8. The number of amides is 1. The van der Waals surface area contributed by atoms with Gasteiger partial charge in [-0.1, -0.05) is 30.7 Å². The molecule has 1 amide bonds. The summed E-state index contributed by atoms with van der Waals surface area (Å²) in [5.74, 6) is 0.264. The molecule has 6 nitrogen and oxygen atoms in total. The first kappa shape index (κ1) is 22.0. The third-order valence-corrected chi connectivity index (χ3v) is 6.20. The minimum Gasteiger partial charge on any atom is -0.486 e. The van der Waals surface area contributed by atoms with Crippen molar-refractivity contribution in [2.24, 2.45) is 0 Å². The maximum absolute atomic E-state index is 12.3. The molecule has 164 valence electrons. The first-order valence-corrected chi connectivity index (χ1v) is 11.3. The molecule has 0 atom stereocenters. The van der Waals surface area contributed by atoms with Gasteiger partial charge < -0.3 is 9.15 Å². The van der Waals surface area contributed by atoms with Crippen LogP contribution in [0.1, 0.15) is 30.7 Å². The number of ether oxygens (including phenoxy) is 1. The molecule has 0 aliphatic carbocycles. The first-order valence-electron chi connectivity index (χ1n) is 10.1. The van der Waals surface area contributed by atoms with E-state index in [1.54, 1.807) is 17.0 Å². The van der Waals surface area contributed by atoms with Gasteiger partial charge in [-0.2, -0.15) is 0 Å². The Labute approximate surface area is 194 Å². The summed E-state index contributed by atoms with van der Waals surface area (Å²) in [6, 6.07) is 12.6. The minimum atomic E-state index is -0.427. The van der Waals surface area contributed by atoms with Crippen molar-refractivity contribution in [3.05, 3.63) is 80.1 Å². The predicted molar refractivity (Wildman–Crippen MR) is 127 cm³/mol. The number of fused-ring (bicyclic) bond motifs is 1. The van der Waals surface area contributed by atoms with E-state index in [2.05, 4.69) is 11.9 Å². The van der Waals surface area contributed by atoms with Crippen LogP contribution in [0.2, 0.25) is 5.02 Å². The molecule has 0 aliphatic rings. The molecule has 0 aliphatic heterocycles. The van der Waals surface area contributed by atoms with Gasteiger partial charge in [-0.15, -0.1) is 11.3 Å². The number of carbonyl (C=O) groups excluding carboxylic acids is 1. The van der Waals surface area contributed by atoms with E-state index in [4.69, 9.17) is 20.8 Å². The molecule has 0 saturated heterocycles. The Balaban J connectivity index is 1.55. The fraction of sp³-hybridized carbons (Fsp3) is 0.208. The van der Waals surface area contributed by atoms with Crippen molar-refractivity contribution in [2.75, 3.05) is 4.90 Å². The van der Waals surface area contributed by atoms with Crippen LogP contribution < -0.4 is 15.3 Å². The van der Waals surface area contributed by atoms with E-state index in [0.29, 0.717) is 27.2 Å². The molecule has 8 heteroatoms. The summed E-state index contributed by atoms with van der Waals surface area (Å²) in [7, 11) is 0. The molecule has 0 saturated carbocycles. The lowest BCUT2D eigenvalue weighted by Crippen LogP contribution is -2.22. The summed E-state index contributed by atoms with van der Waals surface area (Å²) in [6.45, 7) is 5.57. The standard InChI is InChI=1S/C24H21ClN2O4S/c1-4-16-5-7-18(8-6-16)27(15(3)28)24-26-17(13-32-24)12-30-22-11-21-19(10-20(22)25)14(2)9-23(29)31-21/h5-11,13H,4,12H2,1-3H3. The highest BCUT2D eigenvalue weighted by molar-refractivity contribution is 7.14. The van der Waals surface area contributed by atoms with E-state index in [9.17, 15) is 9.59 Å². The van der Waals surface area contributed by atoms with Gasteiger partial charge in [0.25, 0.3) is 0 Å². The highest BCUT2D eigenvalue weighted by atomic mass is 35.5. The van der Waals surface area contributed by atoms with Crippen LogP contribution in [-0.4, -0.2) is 10.9 Å². The maximum Gasteiger partial charge on any atom is 0.336 e. The van der Waals surface area contributed by atoms with Crippen molar-refractivity contribution in [2.45, 2.75) is 33.8 Å². The van der Waals surface area contributed by atoms with Crippen LogP contribution in [0.4, 0.5) is 10.8 Å². The molecule has 0 fully saturated rings. The molecule has 4 aromatic rings. The van der Waals surface area contributed by atoms with Crippen LogP contribution in [0.5, 0.6) is 5.75 Å². The molecule has 0 radical (unpaired) electrons. The summed E-state index contributed by atoms with van der Waals surface area (Å²) in [5.41, 5.74) is 3.38. The van der Waals surface area contributed by atoms with E-state index < -0.39 is 5.63 Å². The Kier molecular flexibility index (Phi) is 6.30. The lowest BCUT2D eigenvalue weighted by Gasteiger charge is -2.18. The van der Waals surface area contributed by atoms with Gasteiger partial charge in [-0.25, -0.2) is 9.78 Å². The molecule has 0 N–H and O–H groups in total. The van der Waals surface area contributed by atoms with Gasteiger partial charge >= 0.3 is 5.63 Å². The smallest absolute Gasteiger partial charge is 0.336 e. The number of carbonyl (C=O) groups is 1. The lowest BCUT2D eigenvalue weighted by atomic mass is 10.1. The van der Waals surface area contributed by atoms with E-state index in [-0.39, 0.29) is 12.5 Å². The molecule has 0 unspecified atom stereocenters. The van der Waals surface area contributed by atoms with Crippen LogP contribution in [0, 0.1) is 6.92 Å². The number of halogens is 1. The molecule has 4 rings (SSSR count). The number of rotatable bonds is 6. The molecule has 2 aromatic carbocycles. The topological polar surface area (TPSA) is 72.6 Å². The second-order valence-electron chi connectivity index (χ2n) is 7.31. The number of hydrogen-bond acceptors (Lipinski definition) is 6. The number of aromatic nitrogens is 1. The average molecular weight is 469 g/mol. The second kappa shape index (κ2) is 9.14. The summed E-state index contributed by atoms with van der Waals surface area (Å²) in [6.07, 6.45) is 0.930. The Morgan fingerprint density at radius 3 is 2.66 bits per heavy atom. The van der Waals surface area contributed by atoms with Gasteiger partial charge in [0, 0.05) is 29.8 Å². The fourth-order valence-electron chi connectivity index (χ4n) is 3.35. The Morgan fingerprint density at radius 1 is 1.22 bits per heavy atom. The average Bonchev–Trinajstić information content (AvgIpc) is 3.21. The molecule has 32 heavy (non-hydrogen) atoms. The Hall–Kier alpha value is -3.16. The quantitative estimate of drug-likeness (QED) is 0.323. The SMILES string of the molecule is CCc1ccc(N(C(C)=O)c2nc(COc3cc4oc(=O)cc(C)c4cc3Cl)cs2)cc1. The molecule has 0 spiro atoms. The van der Waals surface area contributed by atoms with Crippen LogP contribution >= 0.6 is 22.9 Å². The fourth-order valence-corrected chi connectivity index (χ4v) is 4.44. The van der Waals surface area contributed by atoms with Gasteiger partial charge in [0.2, 0.25) is 5.91 Å². The third kappa shape index (κ3) is 4.54. The number of aryl methyl sites for hydroxylation is 2. The summed E-state index contributed by atoms with van der Waals surface area (Å²) in [4.78, 5) is 30.1. The molecular weight excluding hydrogens is 448 g/mol. The first-order chi connectivity index (χ1) is 15.4. The van der Waals surface area contributed by atoms with Crippen molar-refractivity contribution in [3.63, 3.8) is 0 Å². The van der Waals surface area contributed by atoms with Crippen molar-refractivity contribution < 1.29 is 13.9 Å². The van der Waals surface area contributed by atoms with E-state index in [1.807, 2.05) is 36.6 Å². The van der Waals surface area contributed by atoms with Crippen molar-refractivity contribution >= 4 is 50.6 Å². The maximum atomic E-state index is 12.3. The van der Waals surface area contributed by atoms with Crippen molar-refractivity contribution in [3.8, 4) is 5.75 Å². The monoisotopic (exact) mass is 468 g/mol. The number of anilines is 2. The van der Waals surface area contributed by atoms with Gasteiger partial charge in [-0.3, -0.25) is 9.69 Å². The normalized spacial score (nSPS) is 11.0. The van der Waals surface area contributed by atoms with Gasteiger partial charge in [-0.05, 0) is 42.7 Å². The Bertz CT molecular complexity index is 1340. The summed E-state index contributed by atoms with van der Waals surface area (Å²) < 4.78 is 11.1. The van der Waals surface area contributed by atoms with Gasteiger partial charge in [0.15, 0.2) is 5.13 Å². The second-order valence-corrected chi connectivity index (χ2v) is 8.56. The van der Waals surface area contributed by atoms with Crippen LogP contribution in [0.15, 0.2) is 57.1 Å². The third-order valence-electron chi connectivity index (χ3n) is 5.03. The molecule has 0 bridgehead atoms. The van der Waals surface area contributed by atoms with Crippen LogP contribution in [0.3, 0.4) is 0 Å².